The number of hydrogen-bond donors (Lipinski definition) is 1. The fraction of sp³-hybridized carbons (Fsp3) is 0.0769. The standard InChI is InChI=1S/C13H11BrFNO/c1-8-5-13(12(16)7-11(8)15)17-10-4-2-3-9(14)6-10/h2-7H,16H2,1H3. The SMILES string of the molecule is Cc1cc(Oc2cccc(Br)c2)c(N)cc1F. The first kappa shape index (κ1) is 11.9. The molecule has 0 saturated carbocycles. The summed E-state index contributed by atoms with van der Waals surface area (Å²) in [5.74, 6) is 0.781. The highest BCUT2D eigenvalue weighted by Crippen LogP contribution is 2.30. The maximum atomic E-state index is 13.2. The number of halogens is 2. The number of anilines is 1. The topological polar surface area (TPSA) is 35.2 Å². The molecule has 0 unspecified atom stereocenters. The summed E-state index contributed by atoms with van der Waals surface area (Å²) >= 11 is 3.35. The summed E-state index contributed by atoms with van der Waals surface area (Å²) in [6.45, 7) is 1.67. The van der Waals surface area contributed by atoms with Gasteiger partial charge in [0.1, 0.15) is 11.6 Å². The molecule has 0 atom stereocenters. The van der Waals surface area contributed by atoms with Gasteiger partial charge >= 0.3 is 0 Å². The monoisotopic (exact) mass is 295 g/mol. The summed E-state index contributed by atoms with van der Waals surface area (Å²) in [5, 5.41) is 0. The van der Waals surface area contributed by atoms with Gasteiger partial charge in [0.25, 0.3) is 0 Å². The predicted octanol–water partition coefficient (Wildman–Crippen LogP) is 4.27. The maximum Gasteiger partial charge on any atom is 0.150 e. The number of benzene rings is 2. The second-order valence-electron chi connectivity index (χ2n) is 3.70. The molecule has 2 aromatic rings. The largest absolute Gasteiger partial charge is 0.455 e. The third-order valence-electron chi connectivity index (χ3n) is 2.31. The molecule has 2 N–H and O–H groups in total. The lowest BCUT2D eigenvalue weighted by atomic mass is 10.2. The molecule has 17 heavy (non-hydrogen) atoms. The van der Waals surface area contributed by atoms with Gasteiger partial charge in [-0.1, -0.05) is 22.0 Å². The van der Waals surface area contributed by atoms with Crippen LogP contribution < -0.4 is 10.5 Å². The average molecular weight is 296 g/mol. The number of ether oxygens (including phenoxy) is 1. The number of aryl methyl sites for hydroxylation is 1. The van der Waals surface area contributed by atoms with Crippen molar-refractivity contribution in [3.8, 4) is 11.5 Å². The Morgan fingerprint density at radius 3 is 2.71 bits per heavy atom. The van der Waals surface area contributed by atoms with E-state index in [0.717, 1.165) is 4.47 Å². The Labute approximate surface area is 107 Å². The van der Waals surface area contributed by atoms with Gasteiger partial charge in [-0.3, -0.25) is 0 Å². The lowest BCUT2D eigenvalue weighted by molar-refractivity contribution is 0.482. The van der Waals surface area contributed by atoms with Crippen LogP contribution in [0.25, 0.3) is 0 Å². The minimum absolute atomic E-state index is 0.285. The molecule has 0 aliphatic rings. The summed E-state index contributed by atoms with van der Waals surface area (Å²) in [6, 6.07) is 10.2. The molecule has 2 aromatic carbocycles. The van der Waals surface area contributed by atoms with E-state index in [4.69, 9.17) is 10.5 Å². The zero-order valence-electron chi connectivity index (χ0n) is 9.21. The van der Waals surface area contributed by atoms with Gasteiger partial charge in [0.05, 0.1) is 5.69 Å². The first-order chi connectivity index (χ1) is 8.06. The Morgan fingerprint density at radius 2 is 2.00 bits per heavy atom. The summed E-state index contributed by atoms with van der Waals surface area (Å²) in [6.07, 6.45) is 0. The van der Waals surface area contributed by atoms with Gasteiger partial charge in [-0.2, -0.15) is 0 Å². The van der Waals surface area contributed by atoms with Crippen molar-refractivity contribution in [2.24, 2.45) is 0 Å². The molecule has 0 fully saturated rings. The molecule has 0 saturated heterocycles. The van der Waals surface area contributed by atoms with Crippen molar-refractivity contribution in [2.45, 2.75) is 6.92 Å². The quantitative estimate of drug-likeness (QED) is 0.840. The van der Waals surface area contributed by atoms with E-state index in [1.54, 1.807) is 13.0 Å². The van der Waals surface area contributed by atoms with E-state index in [1.807, 2.05) is 24.3 Å². The number of rotatable bonds is 2. The molecule has 0 aliphatic heterocycles. The van der Waals surface area contributed by atoms with Crippen molar-refractivity contribution in [2.75, 3.05) is 5.73 Å². The molecular formula is C13H11BrFNO. The second-order valence-corrected chi connectivity index (χ2v) is 4.61. The van der Waals surface area contributed by atoms with Crippen LogP contribution in [-0.4, -0.2) is 0 Å². The van der Waals surface area contributed by atoms with Crippen LogP contribution >= 0.6 is 15.9 Å². The summed E-state index contributed by atoms with van der Waals surface area (Å²) < 4.78 is 19.7. The molecule has 0 spiro atoms. The van der Waals surface area contributed by atoms with Gasteiger partial charge in [0.15, 0.2) is 5.75 Å². The molecular weight excluding hydrogens is 285 g/mol. The van der Waals surface area contributed by atoms with Gasteiger partial charge in [-0.25, -0.2) is 4.39 Å². The minimum atomic E-state index is -0.330. The van der Waals surface area contributed by atoms with Crippen LogP contribution in [0.4, 0.5) is 10.1 Å². The Bertz CT molecular complexity index is 557. The smallest absolute Gasteiger partial charge is 0.150 e. The first-order valence-corrected chi connectivity index (χ1v) is 5.84. The fourth-order valence-electron chi connectivity index (χ4n) is 1.42. The van der Waals surface area contributed by atoms with Crippen LogP contribution in [0.5, 0.6) is 11.5 Å². The lowest BCUT2D eigenvalue weighted by Gasteiger charge is -2.10. The van der Waals surface area contributed by atoms with Gasteiger partial charge in [0, 0.05) is 10.5 Å². The first-order valence-electron chi connectivity index (χ1n) is 5.05. The molecule has 0 amide bonds. The molecule has 0 bridgehead atoms. The van der Waals surface area contributed by atoms with Crippen molar-refractivity contribution in [3.05, 3.63) is 52.3 Å². The highest BCUT2D eigenvalue weighted by atomic mass is 79.9. The summed E-state index contributed by atoms with van der Waals surface area (Å²) in [7, 11) is 0. The number of nitrogens with two attached hydrogens (primary N) is 1. The van der Waals surface area contributed by atoms with E-state index in [2.05, 4.69) is 15.9 Å². The summed E-state index contributed by atoms with van der Waals surface area (Å²) in [4.78, 5) is 0. The lowest BCUT2D eigenvalue weighted by Crippen LogP contribution is -1.95. The predicted molar refractivity (Wildman–Crippen MR) is 69.8 cm³/mol. The van der Waals surface area contributed by atoms with E-state index in [9.17, 15) is 4.39 Å². The van der Waals surface area contributed by atoms with Crippen molar-refractivity contribution in [1.29, 1.82) is 0 Å². The maximum absolute atomic E-state index is 13.2. The Morgan fingerprint density at radius 1 is 1.24 bits per heavy atom. The number of nitrogen functional groups attached to an aromatic ring is 1. The van der Waals surface area contributed by atoms with Gasteiger partial charge in [-0.05, 0) is 36.8 Å². The molecule has 0 aliphatic carbocycles. The van der Waals surface area contributed by atoms with Crippen molar-refractivity contribution in [3.63, 3.8) is 0 Å². The molecule has 2 rings (SSSR count). The normalized spacial score (nSPS) is 10.3. The molecule has 4 heteroatoms. The Kier molecular flexibility index (Phi) is 3.33. The molecule has 0 aromatic heterocycles. The summed E-state index contributed by atoms with van der Waals surface area (Å²) in [5.41, 5.74) is 6.49. The molecule has 0 heterocycles. The zero-order valence-corrected chi connectivity index (χ0v) is 10.8. The van der Waals surface area contributed by atoms with E-state index in [-0.39, 0.29) is 11.5 Å². The van der Waals surface area contributed by atoms with E-state index in [0.29, 0.717) is 17.1 Å². The van der Waals surface area contributed by atoms with Gasteiger partial charge in [-0.15, -0.1) is 0 Å². The third kappa shape index (κ3) is 2.77. The van der Waals surface area contributed by atoms with Crippen LogP contribution in [0.3, 0.4) is 0 Å². The van der Waals surface area contributed by atoms with Crippen LogP contribution in [0.15, 0.2) is 40.9 Å². The van der Waals surface area contributed by atoms with Gasteiger partial charge in [0.2, 0.25) is 0 Å². The van der Waals surface area contributed by atoms with Crippen LogP contribution in [0.2, 0.25) is 0 Å². The van der Waals surface area contributed by atoms with Crippen LogP contribution in [-0.2, 0) is 0 Å². The Balaban J connectivity index is 2.33. The Hall–Kier alpha value is -1.55. The fourth-order valence-corrected chi connectivity index (χ4v) is 1.79. The molecule has 2 nitrogen and oxygen atoms in total. The van der Waals surface area contributed by atoms with Crippen molar-refractivity contribution >= 4 is 21.6 Å². The third-order valence-corrected chi connectivity index (χ3v) is 2.81. The molecule has 0 radical (unpaired) electrons. The second kappa shape index (κ2) is 4.75. The van der Waals surface area contributed by atoms with Crippen molar-refractivity contribution in [1.82, 2.24) is 0 Å². The van der Waals surface area contributed by atoms with Gasteiger partial charge < -0.3 is 10.5 Å². The zero-order chi connectivity index (χ0) is 12.4. The number of hydrogen-bond acceptors (Lipinski definition) is 2. The highest BCUT2D eigenvalue weighted by Gasteiger charge is 2.07. The minimum Gasteiger partial charge on any atom is -0.455 e. The highest BCUT2D eigenvalue weighted by molar-refractivity contribution is 9.10. The molecule has 88 valence electrons. The van der Waals surface area contributed by atoms with Crippen LogP contribution in [0.1, 0.15) is 5.56 Å². The van der Waals surface area contributed by atoms with Crippen LogP contribution in [0, 0.1) is 12.7 Å². The van der Waals surface area contributed by atoms with E-state index >= 15 is 0 Å². The average Bonchev–Trinajstić information content (AvgIpc) is 2.26. The van der Waals surface area contributed by atoms with E-state index in [1.165, 1.54) is 6.07 Å². The van der Waals surface area contributed by atoms with Crippen molar-refractivity contribution < 1.29 is 9.13 Å². The van der Waals surface area contributed by atoms with E-state index < -0.39 is 0 Å².